The van der Waals surface area contributed by atoms with Gasteiger partial charge in [-0.3, -0.25) is 9.78 Å². The average Bonchev–Trinajstić information content (AvgIpc) is 3.11. The molecule has 1 N–H and O–H groups in total. The van der Waals surface area contributed by atoms with E-state index in [4.69, 9.17) is 0 Å². The highest BCUT2D eigenvalue weighted by atomic mass is 32.2. The maximum absolute atomic E-state index is 12.2. The fourth-order valence-electron chi connectivity index (χ4n) is 3.21. The van der Waals surface area contributed by atoms with Crippen molar-refractivity contribution in [3.05, 3.63) is 36.2 Å². The molecule has 0 atom stereocenters. The zero-order valence-corrected chi connectivity index (χ0v) is 16.7. The predicted molar refractivity (Wildman–Crippen MR) is 108 cm³/mol. The van der Waals surface area contributed by atoms with E-state index >= 15 is 0 Å². The lowest BCUT2D eigenvalue weighted by molar-refractivity contribution is -0.118. The Kier molecular flexibility index (Phi) is 7.45. The molecule has 0 unspecified atom stereocenters. The first-order valence-electron chi connectivity index (χ1n) is 9.69. The molecule has 0 spiro atoms. The van der Waals surface area contributed by atoms with E-state index in [0.717, 1.165) is 42.5 Å². The fraction of sp³-hybridized carbons (Fsp3) is 0.500. The third-order valence-electron chi connectivity index (χ3n) is 4.59. The van der Waals surface area contributed by atoms with Crippen molar-refractivity contribution in [2.45, 2.75) is 57.1 Å². The monoisotopic (exact) mass is 385 g/mol. The average molecular weight is 386 g/mol. The number of nitrogens with one attached hydrogen (secondary N) is 1. The van der Waals surface area contributed by atoms with Gasteiger partial charge in [0, 0.05) is 31.0 Å². The van der Waals surface area contributed by atoms with Crippen LogP contribution in [0.25, 0.3) is 11.4 Å². The number of carbonyl (C=O) groups excluding carboxylic acids is 1. The zero-order chi connectivity index (χ0) is 18.9. The van der Waals surface area contributed by atoms with Crippen molar-refractivity contribution in [3.63, 3.8) is 0 Å². The number of carbonyl (C=O) groups is 1. The predicted octanol–water partition coefficient (Wildman–Crippen LogP) is 3.85. The molecule has 2 heterocycles. The fourth-order valence-corrected chi connectivity index (χ4v) is 4.00. The molecule has 0 aromatic carbocycles. The minimum atomic E-state index is 0.0490. The Morgan fingerprint density at radius 1 is 1.26 bits per heavy atom. The Morgan fingerprint density at radius 3 is 2.85 bits per heavy atom. The molecule has 27 heavy (non-hydrogen) atoms. The van der Waals surface area contributed by atoms with Gasteiger partial charge in [0.2, 0.25) is 5.91 Å². The topological polar surface area (TPSA) is 72.7 Å². The minimum absolute atomic E-state index is 0.0490. The lowest BCUT2D eigenvalue weighted by atomic mass is 9.97. The van der Waals surface area contributed by atoms with Gasteiger partial charge in [-0.15, -0.1) is 10.2 Å². The molecular weight excluding hydrogens is 358 g/mol. The summed E-state index contributed by atoms with van der Waals surface area (Å²) >= 11 is 1.44. The van der Waals surface area contributed by atoms with Crippen LogP contribution >= 0.6 is 11.8 Å². The van der Waals surface area contributed by atoms with Crippen LogP contribution in [0.1, 0.15) is 45.4 Å². The van der Waals surface area contributed by atoms with Gasteiger partial charge in [0.25, 0.3) is 0 Å². The number of aromatic nitrogens is 4. The zero-order valence-electron chi connectivity index (χ0n) is 15.9. The van der Waals surface area contributed by atoms with E-state index in [1.54, 1.807) is 12.4 Å². The maximum Gasteiger partial charge on any atom is 0.230 e. The molecule has 0 radical (unpaired) electrons. The molecule has 144 valence electrons. The van der Waals surface area contributed by atoms with Crippen LogP contribution in [-0.2, 0) is 11.3 Å². The van der Waals surface area contributed by atoms with E-state index in [2.05, 4.69) is 38.1 Å². The van der Waals surface area contributed by atoms with Crippen molar-refractivity contribution in [1.82, 2.24) is 25.1 Å². The van der Waals surface area contributed by atoms with Crippen molar-refractivity contribution >= 4 is 17.7 Å². The summed E-state index contributed by atoms with van der Waals surface area (Å²) in [5, 5.41) is 12.4. The van der Waals surface area contributed by atoms with Crippen molar-refractivity contribution in [2.24, 2.45) is 0 Å². The molecule has 1 aliphatic rings. The normalized spacial score (nSPS) is 14.0. The molecule has 0 bridgehead atoms. The molecular formula is C20H27N5OS. The molecule has 0 fully saturated rings. The van der Waals surface area contributed by atoms with E-state index in [9.17, 15) is 4.79 Å². The third kappa shape index (κ3) is 5.66. The van der Waals surface area contributed by atoms with E-state index < -0.39 is 0 Å². The van der Waals surface area contributed by atoms with E-state index in [-0.39, 0.29) is 5.91 Å². The Bertz CT molecular complexity index is 772. The lowest BCUT2D eigenvalue weighted by Gasteiger charge is -2.13. The molecule has 0 aliphatic heterocycles. The molecule has 2 aromatic heterocycles. The summed E-state index contributed by atoms with van der Waals surface area (Å²) in [6.07, 6.45) is 12.7. The summed E-state index contributed by atoms with van der Waals surface area (Å²) < 4.78 is 2.08. The number of hydrogen-bond acceptors (Lipinski definition) is 5. The Hall–Kier alpha value is -2.15. The summed E-state index contributed by atoms with van der Waals surface area (Å²) in [6, 6.07) is 3.86. The van der Waals surface area contributed by atoms with E-state index in [1.165, 1.54) is 43.0 Å². The molecule has 0 saturated heterocycles. The summed E-state index contributed by atoms with van der Waals surface area (Å²) in [7, 11) is 0. The van der Waals surface area contributed by atoms with Crippen LogP contribution in [0.15, 0.2) is 41.3 Å². The Balaban J connectivity index is 1.53. The van der Waals surface area contributed by atoms with Gasteiger partial charge in [-0.05, 0) is 50.7 Å². The molecule has 1 aliphatic carbocycles. The standard InChI is InChI=1S/C20H27N5OS/c1-2-14-25-19(17-9-11-21-12-10-17)23-24-20(25)27-15-18(26)22-13-8-16-6-4-3-5-7-16/h6,9-12H,2-5,7-8,13-15H2,1H3,(H,22,26). The van der Waals surface area contributed by atoms with Crippen LogP contribution in [0.4, 0.5) is 0 Å². The van der Waals surface area contributed by atoms with Crippen molar-refractivity contribution in [3.8, 4) is 11.4 Å². The number of thioether (sulfide) groups is 1. The lowest BCUT2D eigenvalue weighted by Crippen LogP contribution is -2.26. The van der Waals surface area contributed by atoms with Gasteiger partial charge in [0.05, 0.1) is 5.75 Å². The molecule has 3 rings (SSSR count). The summed E-state index contributed by atoms with van der Waals surface area (Å²) in [6.45, 7) is 3.66. The second-order valence-corrected chi connectivity index (χ2v) is 7.63. The minimum Gasteiger partial charge on any atom is -0.355 e. The Morgan fingerprint density at radius 2 is 2.11 bits per heavy atom. The van der Waals surface area contributed by atoms with Crippen LogP contribution in [0.3, 0.4) is 0 Å². The molecule has 2 aromatic rings. The highest BCUT2D eigenvalue weighted by molar-refractivity contribution is 7.99. The van der Waals surface area contributed by atoms with Gasteiger partial charge in [0.15, 0.2) is 11.0 Å². The van der Waals surface area contributed by atoms with Crippen LogP contribution < -0.4 is 5.32 Å². The molecule has 1 amide bonds. The summed E-state index contributed by atoms with van der Waals surface area (Å²) in [5.74, 6) is 1.23. The van der Waals surface area contributed by atoms with Gasteiger partial charge < -0.3 is 9.88 Å². The number of nitrogens with zero attached hydrogens (tertiary/aromatic N) is 4. The first-order chi connectivity index (χ1) is 13.3. The number of pyridine rings is 1. The van der Waals surface area contributed by atoms with Crippen molar-refractivity contribution in [2.75, 3.05) is 12.3 Å². The number of hydrogen-bond donors (Lipinski definition) is 1. The van der Waals surface area contributed by atoms with Gasteiger partial charge in [-0.25, -0.2) is 0 Å². The number of amides is 1. The molecule has 7 heteroatoms. The van der Waals surface area contributed by atoms with Gasteiger partial charge in [0.1, 0.15) is 0 Å². The van der Waals surface area contributed by atoms with Gasteiger partial charge >= 0.3 is 0 Å². The van der Waals surface area contributed by atoms with Gasteiger partial charge in [-0.1, -0.05) is 30.3 Å². The Labute approximate surface area is 164 Å². The summed E-state index contributed by atoms with van der Waals surface area (Å²) in [4.78, 5) is 16.2. The van der Waals surface area contributed by atoms with E-state index in [0.29, 0.717) is 5.75 Å². The quantitative estimate of drug-likeness (QED) is 0.524. The van der Waals surface area contributed by atoms with Crippen LogP contribution in [0.5, 0.6) is 0 Å². The van der Waals surface area contributed by atoms with Crippen LogP contribution in [0, 0.1) is 0 Å². The first-order valence-corrected chi connectivity index (χ1v) is 10.7. The molecule has 6 nitrogen and oxygen atoms in total. The third-order valence-corrected chi connectivity index (χ3v) is 5.56. The highest BCUT2D eigenvalue weighted by Gasteiger charge is 2.15. The van der Waals surface area contributed by atoms with Gasteiger partial charge in [-0.2, -0.15) is 0 Å². The number of rotatable bonds is 9. The van der Waals surface area contributed by atoms with Crippen LogP contribution in [0.2, 0.25) is 0 Å². The second-order valence-electron chi connectivity index (χ2n) is 6.69. The smallest absolute Gasteiger partial charge is 0.230 e. The van der Waals surface area contributed by atoms with Crippen LogP contribution in [-0.4, -0.2) is 38.0 Å². The number of allylic oxidation sites excluding steroid dienone is 1. The molecule has 0 saturated carbocycles. The SMILES string of the molecule is CCCn1c(SCC(=O)NCCC2=CCCCC2)nnc1-c1ccncc1. The largest absolute Gasteiger partial charge is 0.355 e. The maximum atomic E-state index is 12.2. The first kappa shape index (κ1) is 19.6. The van der Waals surface area contributed by atoms with Crippen molar-refractivity contribution in [1.29, 1.82) is 0 Å². The van der Waals surface area contributed by atoms with E-state index in [1.807, 2.05) is 12.1 Å². The second kappa shape index (κ2) is 10.3. The van der Waals surface area contributed by atoms with Crippen molar-refractivity contribution < 1.29 is 4.79 Å². The summed E-state index contributed by atoms with van der Waals surface area (Å²) in [5.41, 5.74) is 2.47. The highest BCUT2D eigenvalue weighted by Crippen LogP contribution is 2.24.